The van der Waals surface area contributed by atoms with E-state index in [1.807, 2.05) is 12.3 Å². The molecule has 2 aromatic rings. The van der Waals surface area contributed by atoms with E-state index in [4.69, 9.17) is 0 Å². The second kappa shape index (κ2) is 4.83. The van der Waals surface area contributed by atoms with Crippen LogP contribution >= 0.6 is 0 Å². The third kappa shape index (κ3) is 1.91. The number of nitrogens with one attached hydrogen (secondary N) is 2. The van der Waals surface area contributed by atoms with E-state index < -0.39 is 12.7 Å². The van der Waals surface area contributed by atoms with Gasteiger partial charge in [0.05, 0.1) is 11.3 Å². The molecule has 2 fully saturated rings. The average molecular weight is 324 g/mol. The largest absolute Gasteiger partial charge is 0.465 e. The SMILES string of the molecule is C[C@H]1C[C@]2(O)CC[C@@H](C2)[C@H]1C1=NNB(O)c2cnc3[nH]ccc3c21. The van der Waals surface area contributed by atoms with Gasteiger partial charge in [0.25, 0.3) is 0 Å². The molecule has 0 unspecified atom stereocenters. The minimum absolute atomic E-state index is 0.298. The van der Waals surface area contributed by atoms with Crippen molar-refractivity contribution < 1.29 is 10.1 Å². The maximum Gasteiger partial charge on any atom is 0.465 e. The summed E-state index contributed by atoms with van der Waals surface area (Å²) >= 11 is 0. The molecule has 0 aromatic carbocycles. The quantitative estimate of drug-likeness (QED) is 0.582. The van der Waals surface area contributed by atoms with Crippen LogP contribution in [0.15, 0.2) is 23.6 Å². The van der Waals surface area contributed by atoms with Crippen molar-refractivity contribution >= 4 is 29.3 Å². The van der Waals surface area contributed by atoms with E-state index in [2.05, 4.69) is 27.3 Å². The molecular weight excluding hydrogens is 303 g/mol. The molecule has 2 bridgehead atoms. The molecule has 0 radical (unpaired) electrons. The summed E-state index contributed by atoms with van der Waals surface area (Å²) in [5.74, 6) is 1.11. The van der Waals surface area contributed by atoms with Crippen molar-refractivity contribution in [1.82, 2.24) is 15.3 Å². The highest BCUT2D eigenvalue weighted by Crippen LogP contribution is 2.51. The third-order valence-electron chi connectivity index (χ3n) is 6.24. The zero-order valence-corrected chi connectivity index (χ0v) is 13.7. The number of aromatic amines is 1. The van der Waals surface area contributed by atoms with Crippen molar-refractivity contribution in [1.29, 1.82) is 0 Å². The number of aliphatic hydroxyl groups is 1. The number of aromatic nitrogens is 2. The molecule has 3 heterocycles. The van der Waals surface area contributed by atoms with Crippen LogP contribution in [-0.4, -0.2) is 38.5 Å². The summed E-state index contributed by atoms with van der Waals surface area (Å²) in [6, 6.07) is 2.01. The lowest BCUT2D eigenvalue weighted by Crippen LogP contribution is -2.52. The van der Waals surface area contributed by atoms with Gasteiger partial charge in [-0.2, -0.15) is 5.10 Å². The number of H-pyrrole nitrogens is 1. The van der Waals surface area contributed by atoms with E-state index in [0.29, 0.717) is 17.8 Å². The first-order valence-electron chi connectivity index (χ1n) is 8.76. The van der Waals surface area contributed by atoms with Crippen LogP contribution < -0.4 is 10.8 Å². The third-order valence-corrected chi connectivity index (χ3v) is 6.24. The van der Waals surface area contributed by atoms with Gasteiger partial charge in [-0.25, -0.2) is 4.98 Å². The Labute approximate surface area is 140 Å². The van der Waals surface area contributed by atoms with Crippen molar-refractivity contribution in [2.75, 3.05) is 0 Å². The molecule has 4 atom stereocenters. The molecule has 24 heavy (non-hydrogen) atoms. The molecule has 124 valence electrons. The summed E-state index contributed by atoms with van der Waals surface area (Å²) < 4.78 is 0. The maximum atomic E-state index is 10.7. The Balaban J connectivity index is 1.67. The van der Waals surface area contributed by atoms with Gasteiger partial charge in [-0.3, -0.25) is 0 Å². The topological polar surface area (TPSA) is 93.5 Å². The van der Waals surface area contributed by atoms with Crippen molar-refractivity contribution in [2.45, 2.75) is 38.2 Å². The molecule has 3 aliphatic rings. The standard InChI is InChI=1S/C17H21BN4O2/c1-9-6-17(23)4-2-10(7-17)13(9)15-14-11-3-5-19-16(11)20-8-12(14)18(24)22-21-15/h3,5,8-10,13,22-24H,2,4,6-7H2,1H3,(H,19,20)/t9-,10-,13-,17+/m0/s1. The summed E-state index contributed by atoms with van der Waals surface area (Å²) in [6.45, 7) is 2.22. The van der Waals surface area contributed by atoms with E-state index in [-0.39, 0.29) is 0 Å². The predicted octanol–water partition coefficient (Wildman–Crippen LogP) is 0.745. The number of fused-ring (bicyclic) bond motifs is 5. The van der Waals surface area contributed by atoms with E-state index in [9.17, 15) is 10.1 Å². The van der Waals surface area contributed by atoms with Gasteiger partial charge >= 0.3 is 7.05 Å². The summed E-state index contributed by atoms with van der Waals surface area (Å²) in [7, 11) is -0.824. The molecule has 2 saturated carbocycles. The molecule has 4 N–H and O–H groups in total. The predicted molar refractivity (Wildman–Crippen MR) is 92.9 cm³/mol. The minimum Gasteiger partial charge on any atom is -0.428 e. The normalized spacial score (nSPS) is 34.9. The van der Waals surface area contributed by atoms with Gasteiger partial charge in [-0.1, -0.05) is 6.92 Å². The Bertz CT molecular complexity index is 850. The number of hydrogen-bond acceptors (Lipinski definition) is 5. The Morgan fingerprint density at radius 1 is 1.38 bits per heavy atom. The van der Waals surface area contributed by atoms with Crippen LogP contribution in [0.25, 0.3) is 11.0 Å². The zero-order valence-electron chi connectivity index (χ0n) is 13.7. The first-order chi connectivity index (χ1) is 11.6. The number of pyridine rings is 1. The van der Waals surface area contributed by atoms with Crippen LogP contribution in [0.2, 0.25) is 0 Å². The van der Waals surface area contributed by atoms with Crippen molar-refractivity contribution in [3.8, 4) is 0 Å². The van der Waals surface area contributed by atoms with Crippen LogP contribution in [0.5, 0.6) is 0 Å². The zero-order chi connectivity index (χ0) is 16.5. The van der Waals surface area contributed by atoms with Gasteiger partial charge in [-0.15, -0.1) is 0 Å². The summed E-state index contributed by atoms with van der Waals surface area (Å²) in [6.07, 6.45) is 7.24. The van der Waals surface area contributed by atoms with Gasteiger partial charge < -0.3 is 20.5 Å². The molecule has 2 aromatic heterocycles. The fraction of sp³-hybridized carbons (Fsp3) is 0.529. The lowest BCUT2D eigenvalue weighted by atomic mass is 9.64. The minimum atomic E-state index is -0.824. The first-order valence-corrected chi connectivity index (χ1v) is 8.76. The van der Waals surface area contributed by atoms with Crippen LogP contribution in [0.3, 0.4) is 0 Å². The molecule has 1 aliphatic heterocycles. The monoisotopic (exact) mass is 324 g/mol. The van der Waals surface area contributed by atoms with E-state index >= 15 is 0 Å². The molecule has 2 aliphatic carbocycles. The average Bonchev–Trinajstić information content (AvgIpc) is 3.14. The first kappa shape index (κ1) is 14.5. The van der Waals surface area contributed by atoms with Gasteiger partial charge in [0.15, 0.2) is 0 Å². The number of hydrazone groups is 1. The Hall–Kier alpha value is -1.86. The van der Waals surface area contributed by atoms with Crippen LogP contribution in [-0.2, 0) is 0 Å². The second-order valence-corrected chi connectivity index (χ2v) is 7.79. The van der Waals surface area contributed by atoms with Gasteiger partial charge in [0, 0.05) is 34.7 Å². The highest BCUT2D eigenvalue weighted by molar-refractivity contribution is 6.66. The van der Waals surface area contributed by atoms with Crippen LogP contribution in [0.4, 0.5) is 0 Å². The lowest BCUT2D eigenvalue weighted by molar-refractivity contribution is -0.00737. The summed E-state index contributed by atoms with van der Waals surface area (Å²) in [5, 5.41) is 29.4. The smallest absolute Gasteiger partial charge is 0.428 e. The van der Waals surface area contributed by atoms with Gasteiger partial charge in [0.2, 0.25) is 0 Å². The molecule has 0 spiro atoms. The second-order valence-electron chi connectivity index (χ2n) is 7.79. The van der Waals surface area contributed by atoms with Crippen molar-refractivity contribution in [3.63, 3.8) is 0 Å². The Morgan fingerprint density at radius 2 is 2.25 bits per heavy atom. The van der Waals surface area contributed by atoms with Gasteiger partial charge in [0.1, 0.15) is 5.65 Å². The fourth-order valence-corrected chi connectivity index (χ4v) is 5.34. The summed E-state index contributed by atoms with van der Waals surface area (Å²) in [5.41, 5.74) is 3.17. The van der Waals surface area contributed by atoms with Crippen molar-refractivity contribution in [3.05, 3.63) is 24.0 Å². The Morgan fingerprint density at radius 3 is 3.12 bits per heavy atom. The molecule has 6 nitrogen and oxygen atoms in total. The molecular formula is C17H21BN4O2. The lowest BCUT2D eigenvalue weighted by Gasteiger charge is -2.40. The molecule has 5 rings (SSSR count). The molecule has 7 heteroatoms. The maximum absolute atomic E-state index is 10.7. The van der Waals surface area contributed by atoms with Crippen LogP contribution in [0, 0.1) is 17.8 Å². The molecule has 0 amide bonds. The van der Waals surface area contributed by atoms with Crippen molar-refractivity contribution in [2.24, 2.45) is 22.9 Å². The van der Waals surface area contributed by atoms with E-state index in [0.717, 1.165) is 53.5 Å². The molecule has 0 saturated heterocycles. The highest BCUT2D eigenvalue weighted by atomic mass is 16.3. The van der Waals surface area contributed by atoms with Gasteiger partial charge in [-0.05, 0) is 43.6 Å². The number of nitrogens with zero attached hydrogens (tertiary/aromatic N) is 2. The fourth-order valence-electron chi connectivity index (χ4n) is 5.34. The van der Waals surface area contributed by atoms with E-state index in [1.54, 1.807) is 6.20 Å². The number of hydrogen-bond donors (Lipinski definition) is 4. The summed E-state index contributed by atoms with van der Waals surface area (Å²) in [4.78, 5) is 7.56. The van der Waals surface area contributed by atoms with E-state index in [1.165, 1.54) is 0 Å². The number of rotatable bonds is 1. The highest BCUT2D eigenvalue weighted by Gasteiger charge is 2.51. The van der Waals surface area contributed by atoms with Crippen LogP contribution in [0.1, 0.15) is 38.2 Å². The Kier molecular flexibility index (Phi) is 2.92.